The van der Waals surface area contributed by atoms with Crippen molar-refractivity contribution >= 4 is 10.0 Å². The Morgan fingerprint density at radius 3 is 2.55 bits per heavy atom. The van der Waals surface area contributed by atoms with E-state index < -0.39 is 27.9 Å². The molecule has 3 aromatic rings. The molecule has 1 aromatic carbocycles. The van der Waals surface area contributed by atoms with Crippen LogP contribution in [0.1, 0.15) is 52.9 Å². The summed E-state index contributed by atoms with van der Waals surface area (Å²) in [7, 11) is -1.93. The normalized spacial score (nSPS) is 18.4. The highest BCUT2D eigenvalue weighted by Crippen LogP contribution is 2.37. The van der Waals surface area contributed by atoms with Gasteiger partial charge < -0.3 is 19.8 Å². The molecule has 0 bridgehead atoms. The van der Waals surface area contributed by atoms with Crippen LogP contribution in [0.15, 0.2) is 22.7 Å². The number of alkyl halides is 3. The van der Waals surface area contributed by atoms with Crippen LogP contribution in [-0.2, 0) is 42.3 Å². The fourth-order valence-electron chi connectivity index (χ4n) is 5.88. The van der Waals surface area contributed by atoms with Gasteiger partial charge in [0, 0.05) is 55.3 Å². The van der Waals surface area contributed by atoms with Gasteiger partial charge in [-0.3, -0.25) is 4.68 Å². The van der Waals surface area contributed by atoms with Crippen LogP contribution in [0.2, 0.25) is 0 Å². The number of benzene rings is 1. The largest absolute Gasteiger partial charge is 0.416 e. The third kappa shape index (κ3) is 6.70. The maximum absolute atomic E-state index is 13.6. The number of piperidine rings is 1. The van der Waals surface area contributed by atoms with Crippen molar-refractivity contribution in [1.82, 2.24) is 34.4 Å². The van der Waals surface area contributed by atoms with Crippen LogP contribution in [0.5, 0.6) is 0 Å². The van der Waals surface area contributed by atoms with Crippen molar-refractivity contribution in [3.63, 3.8) is 0 Å². The molecule has 2 N–H and O–H groups in total. The Morgan fingerprint density at radius 2 is 1.93 bits per heavy atom. The van der Waals surface area contributed by atoms with E-state index in [9.17, 15) is 26.7 Å². The first-order valence-electron chi connectivity index (χ1n) is 13.9. The third-order valence-electron chi connectivity index (χ3n) is 7.95. The van der Waals surface area contributed by atoms with E-state index in [0.717, 1.165) is 43.9 Å². The minimum absolute atomic E-state index is 0.00254. The highest BCUT2D eigenvalue weighted by molar-refractivity contribution is 7.88. The Kier molecular flexibility index (Phi) is 8.77. The van der Waals surface area contributed by atoms with Crippen molar-refractivity contribution in [3.8, 4) is 11.3 Å². The number of β-amino-alcohol motifs (C(OH)–C–C–N with tert-alkyl or cyclic N) is 1. The fourth-order valence-corrected chi connectivity index (χ4v) is 6.67. The molecule has 230 valence electrons. The predicted molar refractivity (Wildman–Crippen MR) is 148 cm³/mol. The number of aromatic nitrogens is 4. The van der Waals surface area contributed by atoms with Gasteiger partial charge in [0.15, 0.2) is 5.82 Å². The molecule has 0 radical (unpaired) electrons. The number of rotatable bonds is 9. The molecule has 5 rings (SSSR count). The number of nitrogens with one attached hydrogen (secondary N) is 1. The van der Waals surface area contributed by atoms with Crippen molar-refractivity contribution in [3.05, 3.63) is 52.3 Å². The number of likely N-dealkylation sites (tertiary alicyclic amines) is 1. The number of aryl methyl sites for hydroxylation is 1. The third-order valence-corrected chi connectivity index (χ3v) is 9.20. The summed E-state index contributed by atoms with van der Waals surface area (Å²) in [4.78, 5) is 6.51. The highest BCUT2D eigenvalue weighted by atomic mass is 32.2. The predicted octanol–water partition coefficient (Wildman–Crippen LogP) is 2.54. The Morgan fingerprint density at radius 1 is 1.19 bits per heavy atom. The molecule has 1 unspecified atom stereocenters. The standard InChI is InChI=1S/C27H36F3N7O4S/c1-17-32-26(41-34-17)18-6-9-35(10-7-18)14-21(38)15-37-24-8-11-36(42(3,39)40)16-22(24)25(33-37)19-4-5-23(27(28,29)30)20(12-19)13-31-2/h4-5,12,18,21,31,38H,6-11,13-16H2,1-3H3. The summed E-state index contributed by atoms with van der Waals surface area (Å²) >= 11 is 0. The van der Waals surface area contributed by atoms with Gasteiger partial charge in [-0.1, -0.05) is 11.2 Å². The van der Waals surface area contributed by atoms with E-state index in [1.54, 1.807) is 18.7 Å². The van der Waals surface area contributed by atoms with Gasteiger partial charge in [-0.15, -0.1) is 0 Å². The van der Waals surface area contributed by atoms with Crippen LogP contribution >= 0.6 is 0 Å². The van der Waals surface area contributed by atoms with Crippen molar-refractivity contribution in [2.24, 2.45) is 0 Å². The highest BCUT2D eigenvalue weighted by Gasteiger charge is 2.35. The maximum atomic E-state index is 13.6. The molecular formula is C27H36F3N7O4S. The van der Waals surface area contributed by atoms with Crippen molar-refractivity contribution < 1.29 is 31.2 Å². The zero-order valence-electron chi connectivity index (χ0n) is 23.9. The number of nitrogens with zero attached hydrogens (tertiary/aromatic N) is 6. The van der Waals surface area contributed by atoms with Crippen molar-refractivity contribution in [2.45, 2.75) is 64.0 Å². The van der Waals surface area contributed by atoms with Gasteiger partial charge in [-0.25, -0.2) is 8.42 Å². The van der Waals surface area contributed by atoms with Gasteiger partial charge in [0.1, 0.15) is 0 Å². The number of hydrogen-bond donors (Lipinski definition) is 2. The van der Waals surface area contributed by atoms with Gasteiger partial charge in [0.25, 0.3) is 0 Å². The molecule has 1 fully saturated rings. The second-order valence-electron chi connectivity index (χ2n) is 11.1. The van der Waals surface area contributed by atoms with Crippen molar-refractivity contribution in [2.75, 3.05) is 39.5 Å². The second kappa shape index (κ2) is 12.0. The quantitative estimate of drug-likeness (QED) is 0.375. The van der Waals surface area contributed by atoms with E-state index in [1.165, 1.54) is 16.4 Å². The lowest BCUT2D eigenvalue weighted by Gasteiger charge is -2.32. The molecule has 2 aromatic heterocycles. The number of hydrogen-bond acceptors (Lipinski definition) is 9. The summed E-state index contributed by atoms with van der Waals surface area (Å²) in [5, 5.41) is 22.5. The van der Waals surface area contributed by atoms with Gasteiger partial charge >= 0.3 is 6.18 Å². The minimum atomic E-state index is -4.51. The second-order valence-corrected chi connectivity index (χ2v) is 13.1. The zero-order chi connectivity index (χ0) is 30.2. The molecule has 15 heteroatoms. The van der Waals surface area contributed by atoms with Gasteiger partial charge in [-0.05, 0) is 57.6 Å². The molecule has 11 nitrogen and oxygen atoms in total. The lowest BCUT2D eigenvalue weighted by Crippen LogP contribution is -2.40. The monoisotopic (exact) mass is 611 g/mol. The molecule has 1 saturated heterocycles. The Balaban J connectivity index is 1.37. The smallest absolute Gasteiger partial charge is 0.390 e. The van der Waals surface area contributed by atoms with E-state index in [-0.39, 0.29) is 37.7 Å². The minimum Gasteiger partial charge on any atom is -0.390 e. The summed E-state index contributed by atoms with van der Waals surface area (Å²) in [6.07, 6.45) is -2.09. The van der Waals surface area contributed by atoms with E-state index >= 15 is 0 Å². The van der Waals surface area contributed by atoms with Crippen LogP contribution in [0.3, 0.4) is 0 Å². The topological polar surface area (TPSA) is 130 Å². The molecule has 1 atom stereocenters. The first-order chi connectivity index (χ1) is 19.8. The number of halogens is 3. The van der Waals surface area contributed by atoms with Gasteiger partial charge in [0.05, 0.1) is 30.2 Å². The maximum Gasteiger partial charge on any atom is 0.416 e. The molecular weight excluding hydrogens is 575 g/mol. The molecule has 0 saturated carbocycles. The summed E-state index contributed by atoms with van der Waals surface area (Å²) in [6.45, 7) is 4.22. The van der Waals surface area contributed by atoms with E-state index in [1.807, 2.05) is 0 Å². The molecule has 4 heterocycles. The van der Waals surface area contributed by atoms with E-state index in [4.69, 9.17) is 9.62 Å². The Labute approximate surface area is 242 Å². The van der Waals surface area contributed by atoms with Crippen LogP contribution < -0.4 is 5.32 Å². The molecule has 2 aliphatic heterocycles. The van der Waals surface area contributed by atoms with E-state index in [2.05, 4.69) is 20.4 Å². The number of aliphatic hydroxyl groups excluding tert-OH is 1. The lowest BCUT2D eigenvalue weighted by molar-refractivity contribution is -0.138. The van der Waals surface area contributed by atoms with Crippen molar-refractivity contribution in [1.29, 1.82) is 0 Å². The first-order valence-corrected chi connectivity index (χ1v) is 15.8. The van der Waals surface area contributed by atoms with Crippen LogP contribution in [0, 0.1) is 6.92 Å². The lowest BCUT2D eigenvalue weighted by atomic mass is 9.96. The van der Waals surface area contributed by atoms with Crippen LogP contribution in [0.25, 0.3) is 11.3 Å². The number of aliphatic hydroxyl groups is 1. The van der Waals surface area contributed by atoms with Crippen LogP contribution in [-0.4, -0.2) is 88.2 Å². The summed E-state index contributed by atoms with van der Waals surface area (Å²) in [5.74, 6) is 1.45. The molecule has 0 spiro atoms. The molecule has 42 heavy (non-hydrogen) atoms. The number of sulfonamides is 1. The van der Waals surface area contributed by atoms with Gasteiger partial charge in [-0.2, -0.15) is 27.6 Å². The average Bonchev–Trinajstić information content (AvgIpc) is 3.51. The zero-order valence-corrected chi connectivity index (χ0v) is 24.7. The van der Waals surface area contributed by atoms with Gasteiger partial charge in [0.2, 0.25) is 15.9 Å². The Hall–Kier alpha value is -2.85. The summed E-state index contributed by atoms with van der Waals surface area (Å²) in [6, 6.07) is 3.87. The summed E-state index contributed by atoms with van der Waals surface area (Å²) < 4.78 is 74.0. The Bertz CT molecular complexity index is 1510. The number of fused-ring (bicyclic) bond motifs is 1. The fraction of sp³-hybridized carbons (Fsp3) is 0.593. The first kappa shape index (κ1) is 30.6. The molecule has 0 aliphatic carbocycles. The van der Waals surface area contributed by atoms with Crippen LogP contribution in [0.4, 0.5) is 13.2 Å². The summed E-state index contributed by atoms with van der Waals surface area (Å²) in [5.41, 5.74) is 1.65. The SMILES string of the molecule is CNCc1cc(-c2nn(CC(O)CN3CCC(c4nc(C)no4)CC3)c3c2CN(S(C)(=O)=O)CC3)ccc1C(F)(F)F. The average molecular weight is 612 g/mol. The van der Waals surface area contributed by atoms with E-state index in [0.29, 0.717) is 41.5 Å². The molecule has 0 amide bonds. The molecule has 2 aliphatic rings.